The third-order valence-electron chi connectivity index (χ3n) is 5.30. The smallest absolute Gasteiger partial charge is 0.232 e. The zero-order valence-corrected chi connectivity index (χ0v) is 18.3. The topological polar surface area (TPSA) is 42.0 Å². The van der Waals surface area contributed by atoms with Gasteiger partial charge in [0, 0.05) is 38.5 Å². The van der Waals surface area contributed by atoms with Gasteiger partial charge in [-0.2, -0.15) is 0 Å². The molecular formula is C23H30N2O3S. The van der Waals surface area contributed by atoms with Crippen molar-refractivity contribution in [2.24, 2.45) is 0 Å². The van der Waals surface area contributed by atoms with Gasteiger partial charge in [0.2, 0.25) is 5.91 Å². The minimum absolute atomic E-state index is 0.243. The van der Waals surface area contributed by atoms with E-state index in [4.69, 9.17) is 9.47 Å². The van der Waals surface area contributed by atoms with Crippen LogP contribution in [0.4, 0.5) is 0 Å². The number of carbonyl (C=O) groups is 1. The van der Waals surface area contributed by atoms with Gasteiger partial charge >= 0.3 is 0 Å². The van der Waals surface area contributed by atoms with Crippen LogP contribution in [0.1, 0.15) is 16.7 Å². The highest BCUT2D eigenvalue weighted by molar-refractivity contribution is 7.99. The van der Waals surface area contributed by atoms with Crippen molar-refractivity contribution in [1.29, 1.82) is 0 Å². The Hall–Kier alpha value is -2.18. The summed E-state index contributed by atoms with van der Waals surface area (Å²) < 4.78 is 10.8. The summed E-state index contributed by atoms with van der Waals surface area (Å²) in [6.07, 6.45) is 0. The molecule has 1 fully saturated rings. The Bertz CT molecular complexity index is 805. The van der Waals surface area contributed by atoms with Crippen molar-refractivity contribution in [3.05, 3.63) is 59.2 Å². The van der Waals surface area contributed by atoms with Crippen LogP contribution < -0.4 is 9.47 Å². The average molecular weight is 415 g/mol. The molecule has 0 unspecified atom stereocenters. The average Bonchev–Trinajstić information content (AvgIpc) is 2.76. The number of carbonyl (C=O) groups excluding carboxylic acids is 1. The van der Waals surface area contributed by atoms with Crippen LogP contribution in [0.5, 0.6) is 11.5 Å². The molecule has 0 spiro atoms. The first-order valence-electron chi connectivity index (χ1n) is 9.94. The summed E-state index contributed by atoms with van der Waals surface area (Å²) in [4.78, 5) is 16.9. The molecule has 0 aliphatic carbocycles. The van der Waals surface area contributed by atoms with E-state index in [9.17, 15) is 4.79 Å². The van der Waals surface area contributed by atoms with Crippen LogP contribution in [-0.2, 0) is 17.1 Å². The van der Waals surface area contributed by atoms with Gasteiger partial charge in [0.25, 0.3) is 0 Å². The van der Waals surface area contributed by atoms with E-state index in [0.717, 1.165) is 50.0 Å². The standard InChI is InChI=1S/C23H30N2O3S/c1-18-13-21(27-2)22(28-3)14-20(18)15-24-9-11-25(12-10-24)23(26)17-29-16-19-7-5-4-6-8-19/h4-8,13-14H,9-12,15-17H2,1-3H3. The van der Waals surface area contributed by atoms with Crippen molar-refractivity contribution in [2.45, 2.75) is 19.2 Å². The van der Waals surface area contributed by atoms with Crippen molar-refractivity contribution in [2.75, 3.05) is 46.2 Å². The molecule has 0 bridgehead atoms. The second kappa shape index (κ2) is 10.6. The third kappa shape index (κ3) is 5.90. The molecular weight excluding hydrogens is 384 g/mol. The third-order valence-corrected chi connectivity index (χ3v) is 6.29. The number of rotatable bonds is 8. The van der Waals surface area contributed by atoms with Crippen LogP contribution >= 0.6 is 11.8 Å². The molecule has 2 aromatic rings. The van der Waals surface area contributed by atoms with Crippen LogP contribution in [-0.4, -0.2) is 61.9 Å². The van der Waals surface area contributed by atoms with Crippen molar-refractivity contribution in [1.82, 2.24) is 9.80 Å². The highest BCUT2D eigenvalue weighted by atomic mass is 32.2. The van der Waals surface area contributed by atoms with E-state index in [0.29, 0.717) is 5.75 Å². The number of piperazine rings is 1. The monoisotopic (exact) mass is 414 g/mol. The molecule has 1 amide bonds. The van der Waals surface area contributed by atoms with Crippen molar-refractivity contribution < 1.29 is 14.3 Å². The fraction of sp³-hybridized carbons (Fsp3) is 0.435. The van der Waals surface area contributed by atoms with E-state index < -0.39 is 0 Å². The number of nitrogens with zero attached hydrogens (tertiary/aromatic N) is 2. The van der Waals surface area contributed by atoms with Gasteiger partial charge in [-0.1, -0.05) is 30.3 Å². The quantitative estimate of drug-likeness (QED) is 0.660. The predicted molar refractivity (Wildman–Crippen MR) is 119 cm³/mol. The van der Waals surface area contributed by atoms with Gasteiger partial charge in [-0.05, 0) is 35.7 Å². The lowest BCUT2D eigenvalue weighted by atomic mass is 10.1. The zero-order valence-electron chi connectivity index (χ0n) is 17.5. The molecule has 0 radical (unpaired) electrons. The van der Waals surface area contributed by atoms with Crippen molar-refractivity contribution >= 4 is 17.7 Å². The predicted octanol–water partition coefficient (Wildman–Crippen LogP) is 3.59. The molecule has 1 saturated heterocycles. The van der Waals surface area contributed by atoms with Crippen molar-refractivity contribution in [3.8, 4) is 11.5 Å². The summed E-state index contributed by atoms with van der Waals surface area (Å²) in [7, 11) is 3.32. The first kappa shape index (κ1) is 21.5. The first-order valence-corrected chi connectivity index (χ1v) is 11.1. The molecule has 0 aromatic heterocycles. The van der Waals surface area contributed by atoms with E-state index in [1.54, 1.807) is 26.0 Å². The lowest BCUT2D eigenvalue weighted by Gasteiger charge is -2.35. The number of hydrogen-bond donors (Lipinski definition) is 0. The van der Waals surface area contributed by atoms with E-state index in [-0.39, 0.29) is 5.91 Å². The van der Waals surface area contributed by atoms with Crippen molar-refractivity contribution in [3.63, 3.8) is 0 Å². The lowest BCUT2D eigenvalue weighted by Crippen LogP contribution is -2.48. The van der Waals surface area contributed by atoms with Gasteiger partial charge in [0.1, 0.15) is 0 Å². The van der Waals surface area contributed by atoms with Crippen LogP contribution in [0.15, 0.2) is 42.5 Å². The van der Waals surface area contributed by atoms with Gasteiger partial charge in [0.05, 0.1) is 20.0 Å². The summed E-state index contributed by atoms with van der Waals surface area (Å²) in [6.45, 7) is 6.32. The zero-order chi connectivity index (χ0) is 20.6. The van der Waals surface area contributed by atoms with Gasteiger partial charge in [-0.3, -0.25) is 9.69 Å². The summed E-state index contributed by atoms with van der Waals surface area (Å²) in [5.74, 6) is 3.19. The second-order valence-electron chi connectivity index (χ2n) is 7.27. The van der Waals surface area contributed by atoms with E-state index in [2.05, 4.69) is 30.0 Å². The molecule has 2 aromatic carbocycles. The Morgan fingerprint density at radius 3 is 2.31 bits per heavy atom. The number of thioether (sulfide) groups is 1. The Labute approximate surface area is 178 Å². The number of aryl methyl sites for hydroxylation is 1. The fourth-order valence-corrected chi connectivity index (χ4v) is 4.40. The normalized spacial score (nSPS) is 14.7. The maximum Gasteiger partial charge on any atom is 0.232 e. The largest absolute Gasteiger partial charge is 0.493 e. The van der Waals surface area contributed by atoms with Gasteiger partial charge in [0.15, 0.2) is 11.5 Å². The summed E-state index contributed by atoms with van der Waals surface area (Å²) in [5.41, 5.74) is 3.69. The lowest BCUT2D eigenvalue weighted by molar-refractivity contribution is -0.130. The number of methoxy groups -OCH3 is 2. The molecule has 1 aliphatic heterocycles. The first-order chi connectivity index (χ1) is 14.1. The number of benzene rings is 2. The van der Waals surface area contributed by atoms with Crippen LogP contribution in [0.25, 0.3) is 0 Å². The molecule has 5 nitrogen and oxygen atoms in total. The molecule has 3 rings (SSSR count). The van der Waals surface area contributed by atoms with Crippen LogP contribution in [0.2, 0.25) is 0 Å². The summed E-state index contributed by atoms with van der Waals surface area (Å²) in [6, 6.07) is 14.4. The Morgan fingerprint density at radius 1 is 1.00 bits per heavy atom. The van der Waals surface area contributed by atoms with E-state index >= 15 is 0 Å². The van der Waals surface area contributed by atoms with E-state index in [1.807, 2.05) is 29.2 Å². The van der Waals surface area contributed by atoms with Gasteiger partial charge in [-0.15, -0.1) is 11.8 Å². The van der Waals surface area contributed by atoms with Crippen LogP contribution in [0.3, 0.4) is 0 Å². The van der Waals surface area contributed by atoms with Gasteiger partial charge in [-0.25, -0.2) is 0 Å². The number of amides is 1. The Kier molecular flexibility index (Phi) is 7.83. The molecule has 1 heterocycles. The maximum absolute atomic E-state index is 12.5. The fourth-order valence-electron chi connectivity index (χ4n) is 3.51. The summed E-state index contributed by atoms with van der Waals surface area (Å²) >= 11 is 1.69. The minimum Gasteiger partial charge on any atom is -0.493 e. The summed E-state index contributed by atoms with van der Waals surface area (Å²) in [5, 5.41) is 0. The molecule has 29 heavy (non-hydrogen) atoms. The van der Waals surface area contributed by atoms with Crippen LogP contribution in [0, 0.1) is 6.92 Å². The van der Waals surface area contributed by atoms with Gasteiger partial charge < -0.3 is 14.4 Å². The molecule has 156 valence electrons. The number of ether oxygens (including phenoxy) is 2. The minimum atomic E-state index is 0.243. The second-order valence-corrected chi connectivity index (χ2v) is 8.25. The highest BCUT2D eigenvalue weighted by Crippen LogP contribution is 2.31. The highest BCUT2D eigenvalue weighted by Gasteiger charge is 2.22. The molecule has 0 atom stereocenters. The Balaban J connectivity index is 1.46. The maximum atomic E-state index is 12.5. The number of hydrogen-bond acceptors (Lipinski definition) is 5. The molecule has 1 aliphatic rings. The Morgan fingerprint density at radius 2 is 1.66 bits per heavy atom. The molecule has 6 heteroatoms. The molecule has 0 saturated carbocycles. The van der Waals surface area contributed by atoms with E-state index in [1.165, 1.54) is 16.7 Å². The SMILES string of the molecule is COc1cc(C)c(CN2CCN(C(=O)CSCc3ccccc3)CC2)cc1OC. The molecule has 0 N–H and O–H groups in total.